The smallest absolute Gasteiger partial charge is 0.273 e. The molecule has 0 atom stereocenters. The lowest BCUT2D eigenvalue weighted by atomic mass is 10.2. The minimum absolute atomic E-state index is 0.0767. The number of nitro groups is 1. The van der Waals surface area contributed by atoms with Crippen molar-refractivity contribution in [3.8, 4) is 11.3 Å². The molecule has 0 spiro atoms. The van der Waals surface area contributed by atoms with Crippen LogP contribution in [0.15, 0.2) is 36.8 Å². The molecule has 0 aliphatic heterocycles. The Balaban J connectivity index is 2.52. The monoisotopic (exact) mass is 345 g/mol. The molecule has 0 saturated carbocycles. The van der Waals surface area contributed by atoms with E-state index < -0.39 is 8.24 Å². The van der Waals surface area contributed by atoms with Crippen LogP contribution in [0.2, 0.25) is 16.6 Å². The molecule has 24 heavy (non-hydrogen) atoms. The molecule has 130 valence electrons. The van der Waals surface area contributed by atoms with Gasteiger partial charge in [-0.15, -0.1) is 0 Å². The topological polar surface area (TPSA) is 61.0 Å². The summed E-state index contributed by atoms with van der Waals surface area (Å²) in [6.45, 7) is 13.9. The maximum atomic E-state index is 11.0. The minimum atomic E-state index is -1.80. The summed E-state index contributed by atoms with van der Waals surface area (Å²) >= 11 is 0. The molecular weight excluding hydrogens is 318 g/mol. The van der Waals surface area contributed by atoms with E-state index in [0.29, 0.717) is 22.3 Å². The first kappa shape index (κ1) is 18.4. The van der Waals surface area contributed by atoms with Gasteiger partial charge in [-0.05, 0) is 28.9 Å². The van der Waals surface area contributed by atoms with E-state index in [-0.39, 0.29) is 10.6 Å². The van der Waals surface area contributed by atoms with Gasteiger partial charge in [0.25, 0.3) is 5.69 Å². The molecule has 0 radical (unpaired) electrons. The highest BCUT2D eigenvalue weighted by Crippen LogP contribution is 2.43. The van der Waals surface area contributed by atoms with Crippen LogP contribution in [0.5, 0.6) is 0 Å². The maximum absolute atomic E-state index is 11.0. The van der Waals surface area contributed by atoms with Crippen molar-refractivity contribution in [3.05, 3.63) is 46.9 Å². The molecule has 2 aromatic heterocycles. The third-order valence-corrected chi connectivity index (χ3v) is 11.9. The molecule has 0 saturated heterocycles. The van der Waals surface area contributed by atoms with Crippen LogP contribution in [0.25, 0.3) is 11.3 Å². The minimum Gasteiger partial charge on any atom is -0.379 e. The summed E-state index contributed by atoms with van der Waals surface area (Å²) in [5, 5.41) is 11.0. The average Bonchev–Trinajstić information content (AvgIpc) is 2.96. The summed E-state index contributed by atoms with van der Waals surface area (Å²) < 4.78 is 2.42. The summed E-state index contributed by atoms with van der Waals surface area (Å²) in [6.07, 6.45) is 5.78. The Morgan fingerprint density at radius 3 is 2.17 bits per heavy atom. The molecule has 0 amide bonds. The fourth-order valence-corrected chi connectivity index (χ4v) is 10.9. The summed E-state index contributed by atoms with van der Waals surface area (Å²) in [7, 11) is -1.80. The molecule has 0 aliphatic carbocycles. The van der Waals surface area contributed by atoms with Crippen LogP contribution in [0.3, 0.4) is 0 Å². The highest BCUT2D eigenvalue weighted by molar-refractivity contribution is 6.82. The number of rotatable bonds is 6. The van der Waals surface area contributed by atoms with Crippen molar-refractivity contribution >= 4 is 13.9 Å². The van der Waals surface area contributed by atoms with Crippen LogP contribution in [0.1, 0.15) is 41.5 Å². The van der Waals surface area contributed by atoms with E-state index in [1.54, 1.807) is 6.07 Å². The third-order valence-electron chi connectivity index (χ3n) is 5.16. The third kappa shape index (κ3) is 3.02. The first-order chi connectivity index (χ1) is 11.2. The number of aromatic nitrogens is 2. The second-order valence-corrected chi connectivity index (χ2v) is 13.1. The molecule has 0 aliphatic rings. The van der Waals surface area contributed by atoms with E-state index >= 15 is 0 Å². The summed E-state index contributed by atoms with van der Waals surface area (Å²) in [6, 6.07) is 5.00. The van der Waals surface area contributed by atoms with Gasteiger partial charge >= 0.3 is 0 Å². The largest absolute Gasteiger partial charge is 0.379 e. The first-order valence-electron chi connectivity index (χ1n) is 8.50. The Labute approximate surface area is 145 Å². The molecule has 2 aromatic rings. The molecule has 0 N–H and O–H groups in total. The molecule has 0 bridgehead atoms. The Bertz CT molecular complexity index is 701. The van der Waals surface area contributed by atoms with Crippen molar-refractivity contribution in [3.63, 3.8) is 0 Å². The molecule has 0 unspecified atom stereocenters. The van der Waals surface area contributed by atoms with Crippen molar-refractivity contribution in [1.82, 2.24) is 9.22 Å². The zero-order valence-electron chi connectivity index (χ0n) is 15.4. The Morgan fingerprint density at radius 2 is 1.67 bits per heavy atom. The van der Waals surface area contributed by atoms with Gasteiger partial charge in [0.1, 0.15) is 0 Å². The molecule has 0 aromatic carbocycles. The second kappa shape index (κ2) is 6.89. The number of pyridine rings is 1. The molecular formula is C18H27N3O2Si. The van der Waals surface area contributed by atoms with Crippen LogP contribution in [-0.2, 0) is 0 Å². The number of hydrogen-bond acceptors (Lipinski definition) is 3. The van der Waals surface area contributed by atoms with Crippen molar-refractivity contribution in [2.24, 2.45) is 0 Å². The van der Waals surface area contributed by atoms with Crippen LogP contribution in [0, 0.1) is 10.1 Å². The van der Waals surface area contributed by atoms with Gasteiger partial charge in [0.15, 0.2) is 8.24 Å². The van der Waals surface area contributed by atoms with Gasteiger partial charge in [-0.3, -0.25) is 15.1 Å². The van der Waals surface area contributed by atoms with E-state index in [4.69, 9.17) is 0 Å². The van der Waals surface area contributed by atoms with E-state index in [1.165, 1.54) is 12.3 Å². The van der Waals surface area contributed by atoms with Crippen LogP contribution < -0.4 is 0 Å². The lowest BCUT2D eigenvalue weighted by Crippen LogP contribution is -2.51. The van der Waals surface area contributed by atoms with E-state index in [0.717, 1.165) is 5.56 Å². The fourth-order valence-electron chi connectivity index (χ4n) is 4.37. The van der Waals surface area contributed by atoms with Gasteiger partial charge in [0, 0.05) is 30.1 Å². The predicted octanol–water partition coefficient (Wildman–Crippen LogP) is 5.48. The van der Waals surface area contributed by atoms with Gasteiger partial charge in [0.2, 0.25) is 0 Å². The number of hydrogen-bond donors (Lipinski definition) is 0. The molecule has 6 heteroatoms. The van der Waals surface area contributed by atoms with Crippen molar-refractivity contribution in [2.75, 3.05) is 0 Å². The summed E-state index contributed by atoms with van der Waals surface area (Å²) in [5.74, 6) is 0. The van der Waals surface area contributed by atoms with Gasteiger partial charge in [-0.25, -0.2) is 0 Å². The Hall–Kier alpha value is -1.95. The van der Waals surface area contributed by atoms with E-state index in [9.17, 15) is 10.1 Å². The second-order valence-electron chi connectivity index (χ2n) is 7.32. The molecule has 5 nitrogen and oxygen atoms in total. The standard InChI is InChI=1S/C18H27N3O2Si/c1-13(2)24(14(3)4,15(5)6)20-10-8-16(12-20)18-11-17(21(22)23)7-9-19-18/h7-15H,1-6H3. The van der Waals surface area contributed by atoms with Crippen LogP contribution in [0.4, 0.5) is 5.69 Å². The summed E-state index contributed by atoms with van der Waals surface area (Å²) in [4.78, 5) is 14.9. The highest BCUT2D eigenvalue weighted by atomic mass is 28.3. The summed E-state index contributed by atoms with van der Waals surface area (Å²) in [5.41, 5.74) is 3.45. The predicted molar refractivity (Wildman–Crippen MR) is 101 cm³/mol. The van der Waals surface area contributed by atoms with Crippen LogP contribution in [-0.4, -0.2) is 22.4 Å². The van der Waals surface area contributed by atoms with Gasteiger partial charge < -0.3 is 4.23 Å². The lowest BCUT2D eigenvalue weighted by molar-refractivity contribution is -0.384. The van der Waals surface area contributed by atoms with Crippen molar-refractivity contribution < 1.29 is 4.92 Å². The lowest BCUT2D eigenvalue weighted by Gasteiger charge is -2.44. The maximum Gasteiger partial charge on any atom is 0.273 e. The fraction of sp³-hybridized carbons (Fsp3) is 0.500. The first-order valence-corrected chi connectivity index (χ1v) is 10.7. The van der Waals surface area contributed by atoms with Crippen molar-refractivity contribution in [2.45, 2.75) is 58.2 Å². The van der Waals surface area contributed by atoms with Gasteiger partial charge in [-0.1, -0.05) is 41.5 Å². The molecule has 2 rings (SSSR count). The number of nitrogens with zero attached hydrogens (tertiary/aromatic N) is 3. The zero-order valence-corrected chi connectivity index (χ0v) is 16.4. The zero-order chi connectivity index (χ0) is 18.1. The molecule has 0 fully saturated rings. The van der Waals surface area contributed by atoms with E-state index in [1.807, 2.05) is 6.07 Å². The normalized spacial score (nSPS) is 12.4. The van der Waals surface area contributed by atoms with Gasteiger partial charge in [-0.2, -0.15) is 0 Å². The average molecular weight is 346 g/mol. The Morgan fingerprint density at radius 1 is 1.08 bits per heavy atom. The SMILES string of the molecule is CC(C)[Si](C(C)C)(C(C)C)n1ccc(-c2cc([N+](=O)[O-])ccn2)c1. The Kier molecular flexibility index (Phi) is 5.28. The van der Waals surface area contributed by atoms with Crippen molar-refractivity contribution in [1.29, 1.82) is 0 Å². The van der Waals surface area contributed by atoms with Gasteiger partial charge in [0.05, 0.1) is 10.6 Å². The quantitative estimate of drug-likeness (QED) is 0.395. The van der Waals surface area contributed by atoms with Crippen LogP contribution >= 0.6 is 0 Å². The highest BCUT2D eigenvalue weighted by Gasteiger charge is 2.44. The molecule has 2 heterocycles. The van der Waals surface area contributed by atoms with E-state index in [2.05, 4.69) is 63.2 Å².